The van der Waals surface area contributed by atoms with E-state index in [0.717, 1.165) is 23.5 Å². The Balaban J connectivity index is 1.88. The van der Waals surface area contributed by atoms with Gasteiger partial charge in [-0.2, -0.15) is 0 Å². The number of rotatable bonds is 5. The van der Waals surface area contributed by atoms with Gasteiger partial charge in [0.25, 0.3) is 0 Å². The number of carbonyl (C=O) groups excluding carboxylic acids is 1. The Bertz CT molecular complexity index is 434. The normalized spacial score (nSPS) is 12.6. The standard InChI is InChI=1S/C13H18N2O3/c1-14-8-13(16)15(2)6-5-10-3-4-11-12(7-10)18-9-17-11/h3-4,7,14H,5-6,8-9H2,1-2H3. The van der Waals surface area contributed by atoms with Crippen LogP contribution in [-0.4, -0.2) is 44.8 Å². The van der Waals surface area contributed by atoms with Crippen molar-refractivity contribution in [3.05, 3.63) is 23.8 Å². The molecule has 0 saturated carbocycles. The first-order chi connectivity index (χ1) is 8.70. The first-order valence-corrected chi connectivity index (χ1v) is 5.98. The molecule has 1 aliphatic rings. The van der Waals surface area contributed by atoms with Crippen molar-refractivity contribution in [2.75, 3.05) is 34.0 Å². The molecule has 0 aromatic heterocycles. The molecule has 98 valence electrons. The van der Waals surface area contributed by atoms with Gasteiger partial charge in [-0.25, -0.2) is 0 Å². The van der Waals surface area contributed by atoms with Crippen molar-refractivity contribution in [1.29, 1.82) is 0 Å². The number of amides is 1. The largest absolute Gasteiger partial charge is 0.454 e. The van der Waals surface area contributed by atoms with Crippen molar-refractivity contribution < 1.29 is 14.3 Å². The molecule has 0 atom stereocenters. The number of nitrogens with zero attached hydrogens (tertiary/aromatic N) is 1. The Morgan fingerprint density at radius 3 is 2.94 bits per heavy atom. The molecular formula is C13H18N2O3. The van der Waals surface area contributed by atoms with Crippen LogP contribution in [0.5, 0.6) is 11.5 Å². The van der Waals surface area contributed by atoms with E-state index in [0.29, 0.717) is 19.9 Å². The monoisotopic (exact) mass is 250 g/mol. The van der Waals surface area contributed by atoms with Gasteiger partial charge in [-0.15, -0.1) is 0 Å². The number of benzene rings is 1. The molecule has 1 aliphatic heterocycles. The van der Waals surface area contributed by atoms with E-state index in [1.807, 2.05) is 25.2 Å². The van der Waals surface area contributed by atoms with E-state index in [4.69, 9.17) is 9.47 Å². The van der Waals surface area contributed by atoms with E-state index in [1.54, 1.807) is 11.9 Å². The lowest BCUT2D eigenvalue weighted by Crippen LogP contribution is -2.35. The number of likely N-dealkylation sites (N-methyl/N-ethyl adjacent to an activating group) is 2. The average molecular weight is 250 g/mol. The average Bonchev–Trinajstić information content (AvgIpc) is 2.83. The molecule has 0 radical (unpaired) electrons. The van der Waals surface area contributed by atoms with Crippen LogP contribution in [0.25, 0.3) is 0 Å². The minimum absolute atomic E-state index is 0.0956. The number of nitrogens with one attached hydrogen (secondary N) is 1. The zero-order valence-electron chi connectivity index (χ0n) is 10.7. The Kier molecular flexibility index (Phi) is 4.04. The molecule has 1 N–H and O–H groups in total. The minimum atomic E-state index is 0.0956. The van der Waals surface area contributed by atoms with Crippen LogP contribution in [0.3, 0.4) is 0 Å². The van der Waals surface area contributed by atoms with Gasteiger partial charge in [0.2, 0.25) is 12.7 Å². The number of fused-ring (bicyclic) bond motifs is 1. The third kappa shape index (κ3) is 2.92. The predicted molar refractivity (Wildman–Crippen MR) is 67.8 cm³/mol. The third-order valence-corrected chi connectivity index (χ3v) is 2.93. The highest BCUT2D eigenvalue weighted by Gasteiger charge is 2.13. The topological polar surface area (TPSA) is 50.8 Å². The van der Waals surface area contributed by atoms with Gasteiger partial charge in [0, 0.05) is 13.6 Å². The second-order valence-electron chi connectivity index (χ2n) is 4.28. The van der Waals surface area contributed by atoms with Gasteiger partial charge in [-0.3, -0.25) is 4.79 Å². The quantitative estimate of drug-likeness (QED) is 0.833. The summed E-state index contributed by atoms with van der Waals surface area (Å²) >= 11 is 0. The summed E-state index contributed by atoms with van der Waals surface area (Å²) in [6.45, 7) is 1.36. The number of hydrogen-bond acceptors (Lipinski definition) is 4. The van der Waals surface area contributed by atoms with Crippen LogP contribution < -0.4 is 14.8 Å². The van der Waals surface area contributed by atoms with Crippen molar-refractivity contribution in [1.82, 2.24) is 10.2 Å². The van der Waals surface area contributed by atoms with E-state index in [9.17, 15) is 4.79 Å². The summed E-state index contributed by atoms with van der Waals surface area (Å²) in [5.74, 6) is 1.67. The Hall–Kier alpha value is -1.75. The molecule has 0 bridgehead atoms. The highest BCUT2D eigenvalue weighted by atomic mass is 16.7. The van der Waals surface area contributed by atoms with Crippen LogP contribution in [0.1, 0.15) is 5.56 Å². The molecule has 1 aromatic carbocycles. The van der Waals surface area contributed by atoms with Gasteiger partial charge in [0.1, 0.15) is 0 Å². The minimum Gasteiger partial charge on any atom is -0.454 e. The molecule has 0 unspecified atom stereocenters. The molecule has 2 rings (SSSR count). The molecular weight excluding hydrogens is 232 g/mol. The van der Waals surface area contributed by atoms with Gasteiger partial charge < -0.3 is 19.7 Å². The number of ether oxygens (including phenoxy) is 2. The fraction of sp³-hybridized carbons (Fsp3) is 0.462. The summed E-state index contributed by atoms with van der Waals surface area (Å²) in [6.07, 6.45) is 0.808. The SMILES string of the molecule is CNCC(=O)N(C)CCc1ccc2c(c1)OCO2. The van der Waals surface area contributed by atoms with E-state index in [2.05, 4.69) is 5.32 Å². The van der Waals surface area contributed by atoms with Crippen LogP contribution in [0, 0.1) is 0 Å². The van der Waals surface area contributed by atoms with E-state index >= 15 is 0 Å². The van der Waals surface area contributed by atoms with Crippen molar-refractivity contribution in [2.45, 2.75) is 6.42 Å². The van der Waals surface area contributed by atoms with E-state index < -0.39 is 0 Å². The molecule has 5 nitrogen and oxygen atoms in total. The Morgan fingerprint density at radius 1 is 1.39 bits per heavy atom. The predicted octanol–water partition coefficient (Wildman–Crippen LogP) is 0.636. The first kappa shape index (κ1) is 12.7. The summed E-state index contributed by atoms with van der Waals surface area (Å²) in [4.78, 5) is 13.3. The van der Waals surface area contributed by atoms with Gasteiger partial charge in [-0.1, -0.05) is 6.07 Å². The lowest BCUT2D eigenvalue weighted by molar-refractivity contribution is -0.128. The van der Waals surface area contributed by atoms with Gasteiger partial charge >= 0.3 is 0 Å². The highest BCUT2D eigenvalue weighted by Crippen LogP contribution is 2.32. The molecule has 1 heterocycles. The molecule has 0 saturated heterocycles. The van der Waals surface area contributed by atoms with Crippen LogP contribution in [0.4, 0.5) is 0 Å². The lowest BCUT2D eigenvalue weighted by atomic mass is 10.1. The second kappa shape index (κ2) is 5.73. The summed E-state index contributed by atoms with van der Waals surface area (Å²) in [5.41, 5.74) is 1.14. The summed E-state index contributed by atoms with van der Waals surface area (Å²) in [7, 11) is 3.58. The Labute approximate surface area is 107 Å². The van der Waals surface area contributed by atoms with Crippen LogP contribution >= 0.6 is 0 Å². The number of carbonyl (C=O) groups is 1. The smallest absolute Gasteiger partial charge is 0.236 e. The maximum atomic E-state index is 11.6. The summed E-state index contributed by atoms with van der Waals surface area (Å²) < 4.78 is 10.6. The van der Waals surface area contributed by atoms with Crippen LogP contribution in [0.2, 0.25) is 0 Å². The third-order valence-electron chi connectivity index (χ3n) is 2.93. The van der Waals surface area contributed by atoms with E-state index in [-0.39, 0.29) is 5.91 Å². The molecule has 18 heavy (non-hydrogen) atoms. The highest BCUT2D eigenvalue weighted by molar-refractivity contribution is 5.77. The van der Waals surface area contributed by atoms with Crippen molar-refractivity contribution in [2.24, 2.45) is 0 Å². The molecule has 0 aliphatic carbocycles. The van der Waals surface area contributed by atoms with Crippen molar-refractivity contribution in [3.8, 4) is 11.5 Å². The second-order valence-corrected chi connectivity index (χ2v) is 4.28. The summed E-state index contributed by atoms with van der Waals surface area (Å²) in [5, 5.41) is 2.85. The maximum absolute atomic E-state index is 11.6. The van der Waals surface area contributed by atoms with Crippen LogP contribution in [0.15, 0.2) is 18.2 Å². The zero-order chi connectivity index (χ0) is 13.0. The maximum Gasteiger partial charge on any atom is 0.236 e. The Morgan fingerprint density at radius 2 is 2.17 bits per heavy atom. The fourth-order valence-corrected chi connectivity index (χ4v) is 1.80. The molecule has 0 fully saturated rings. The lowest BCUT2D eigenvalue weighted by Gasteiger charge is -2.16. The first-order valence-electron chi connectivity index (χ1n) is 5.98. The van der Waals surface area contributed by atoms with Gasteiger partial charge in [0.15, 0.2) is 11.5 Å². The number of hydrogen-bond donors (Lipinski definition) is 1. The molecule has 0 spiro atoms. The van der Waals surface area contributed by atoms with Crippen LogP contribution in [-0.2, 0) is 11.2 Å². The van der Waals surface area contributed by atoms with Crippen molar-refractivity contribution in [3.63, 3.8) is 0 Å². The molecule has 5 heteroatoms. The zero-order valence-corrected chi connectivity index (χ0v) is 10.7. The fourth-order valence-electron chi connectivity index (χ4n) is 1.80. The summed E-state index contributed by atoms with van der Waals surface area (Å²) in [6, 6.07) is 5.88. The van der Waals surface area contributed by atoms with Gasteiger partial charge in [-0.05, 0) is 31.2 Å². The van der Waals surface area contributed by atoms with Gasteiger partial charge in [0.05, 0.1) is 6.54 Å². The van der Waals surface area contributed by atoms with Crippen molar-refractivity contribution >= 4 is 5.91 Å². The molecule has 1 amide bonds. The van der Waals surface area contributed by atoms with E-state index in [1.165, 1.54) is 0 Å². The molecule has 1 aromatic rings.